The van der Waals surface area contributed by atoms with Crippen molar-refractivity contribution in [3.8, 4) is 11.5 Å². The molecule has 0 saturated heterocycles. The van der Waals surface area contributed by atoms with Crippen LogP contribution in [0.3, 0.4) is 0 Å². The van der Waals surface area contributed by atoms with Crippen molar-refractivity contribution in [3.63, 3.8) is 0 Å². The Hall–Kier alpha value is -3.00. The number of carbonyl (C=O) groups is 1. The highest BCUT2D eigenvalue weighted by atomic mass is 32.1. The van der Waals surface area contributed by atoms with Crippen LogP contribution >= 0.6 is 11.3 Å². The quantitative estimate of drug-likeness (QED) is 0.523. The second-order valence-electron chi connectivity index (χ2n) is 5.78. The van der Waals surface area contributed by atoms with Crippen LogP contribution in [0.2, 0.25) is 0 Å². The maximum Gasteiger partial charge on any atom is 0.310 e. The summed E-state index contributed by atoms with van der Waals surface area (Å²) in [6, 6.07) is 10.0. The van der Waals surface area contributed by atoms with Crippen LogP contribution in [-0.2, 0) is 29.2 Å². The molecule has 1 aromatic heterocycles. The summed E-state index contributed by atoms with van der Waals surface area (Å²) in [6.45, 7) is 0.250. The van der Waals surface area contributed by atoms with Gasteiger partial charge in [-0.3, -0.25) is 4.79 Å². The highest BCUT2D eigenvalue weighted by molar-refractivity contribution is 7.09. The highest BCUT2D eigenvalue weighted by Crippen LogP contribution is 2.19. The Morgan fingerprint density at radius 3 is 2.61 bits per heavy atom. The molecule has 0 N–H and O–H groups in total. The summed E-state index contributed by atoms with van der Waals surface area (Å²) in [7, 11) is 1.37. The van der Waals surface area contributed by atoms with E-state index in [2.05, 4.69) is 4.98 Å². The van der Waals surface area contributed by atoms with Crippen LogP contribution in [0.1, 0.15) is 16.3 Å². The third-order valence-corrected chi connectivity index (χ3v) is 4.59. The first-order valence-corrected chi connectivity index (χ1v) is 9.21. The molecule has 5 nitrogen and oxygen atoms in total. The average molecular weight is 405 g/mol. The molecule has 0 unspecified atom stereocenters. The molecule has 0 fully saturated rings. The summed E-state index contributed by atoms with van der Waals surface area (Å²) in [5, 5.41) is 2.47. The number of hydrogen-bond donors (Lipinski definition) is 0. The van der Waals surface area contributed by atoms with Crippen LogP contribution in [0.5, 0.6) is 11.5 Å². The van der Waals surface area contributed by atoms with Crippen molar-refractivity contribution in [1.29, 1.82) is 0 Å². The Bertz CT molecular complexity index is 944. The Balaban J connectivity index is 1.46. The van der Waals surface area contributed by atoms with Gasteiger partial charge in [-0.25, -0.2) is 13.8 Å². The Morgan fingerprint density at radius 1 is 1.11 bits per heavy atom. The number of ether oxygens (including phenoxy) is 3. The van der Waals surface area contributed by atoms with Crippen molar-refractivity contribution in [3.05, 3.63) is 75.7 Å². The van der Waals surface area contributed by atoms with E-state index in [1.165, 1.54) is 54.8 Å². The van der Waals surface area contributed by atoms with Crippen molar-refractivity contribution < 1.29 is 27.8 Å². The zero-order chi connectivity index (χ0) is 19.9. The molecule has 8 heteroatoms. The van der Waals surface area contributed by atoms with Crippen molar-refractivity contribution in [2.75, 3.05) is 7.11 Å². The highest BCUT2D eigenvalue weighted by Gasteiger charge is 2.10. The number of benzene rings is 2. The van der Waals surface area contributed by atoms with Gasteiger partial charge in [-0.05, 0) is 42.0 Å². The number of carbonyl (C=O) groups excluding carboxylic acids is 1. The van der Waals surface area contributed by atoms with E-state index in [9.17, 15) is 13.6 Å². The molecule has 0 aliphatic rings. The van der Waals surface area contributed by atoms with Gasteiger partial charge in [0.25, 0.3) is 0 Å². The number of nitrogens with zero attached hydrogens (tertiary/aromatic N) is 1. The van der Waals surface area contributed by atoms with E-state index in [1.54, 1.807) is 11.4 Å². The van der Waals surface area contributed by atoms with Crippen LogP contribution < -0.4 is 9.47 Å². The smallest absolute Gasteiger partial charge is 0.310 e. The number of halogens is 2. The van der Waals surface area contributed by atoms with E-state index >= 15 is 0 Å². The lowest BCUT2D eigenvalue weighted by Gasteiger charge is -2.06. The number of esters is 1. The van der Waals surface area contributed by atoms with Gasteiger partial charge in [0.2, 0.25) is 0 Å². The molecule has 0 saturated carbocycles. The monoisotopic (exact) mass is 405 g/mol. The summed E-state index contributed by atoms with van der Waals surface area (Å²) in [6.07, 6.45) is -0.0500. The van der Waals surface area contributed by atoms with E-state index in [4.69, 9.17) is 14.2 Å². The predicted molar refractivity (Wildman–Crippen MR) is 99.3 cm³/mol. The summed E-state index contributed by atoms with van der Waals surface area (Å²) in [5.41, 5.74) is 1.09. The van der Waals surface area contributed by atoms with Gasteiger partial charge in [-0.2, -0.15) is 0 Å². The molecule has 2 aromatic carbocycles. The number of hydrogen-bond acceptors (Lipinski definition) is 6. The summed E-state index contributed by atoms with van der Waals surface area (Å²) in [5.74, 6) is -0.686. The van der Waals surface area contributed by atoms with Crippen molar-refractivity contribution in [2.24, 2.45) is 0 Å². The maximum absolute atomic E-state index is 13.7. The molecule has 0 aliphatic carbocycles. The summed E-state index contributed by atoms with van der Waals surface area (Å²) in [4.78, 5) is 16.3. The molecule has 0 spiro atoms. The lowest BCUT2D eigenvalue weighted by atomic mass is 10.1. The van der Waals surface area contributed by atoms with Crippen molar-refractivity contribution in [2.45, 2.75) is 19.6 Å². The van der Waals surface area contributed by atoms with E-state index in [0.717, 1.165) is 0 Å². The van der Waals surface area contributed by atoms with E-state index in [1.807, 2.05) is 0 Å². The normalized spacial score (nSPS) is 10.5. The Labute approximate surface area is 164 Å². The van der Waals surface area contributed by atoms with Gasteiger partial charge in [0.15, 0.2) is 11.6 Å². The summed E-state index contributed by atoms with van der Waals surface area (Å²) < 4.78 is 42.1. The molecule has 3 rings (SSSR count). The van der Waals surface area contributed by atoms with Gasteiger partial charge in [0.05, 0.1) is 19.2 Å². The molecule has 28 heavy (non-hydrogen) atoms. The molecule has 1 heterocycles. The molecule has 0 aliphatic heterocycles. The second-order valence-corrected chi connectivity index (χ2v) is 6.72. The molecule has 146 valence electrons. The first-order chi connectivity index (χ1) is 13.5. The van der Waals surface area contributed by atoms with E-state index in [0.29, 0.717) is 22.0 Å². The predicted octanol–water partition coefficient (Wildman–Crippen LogP) is 4.29. The molecule has 3 aromatic rings. The molecule has 0 amide bonds. The number of thiazole rings is 1. The van der Waals surface area contributed by atoms with E-state index < -0.39 is 11.8 Å². The Morgan fingerprint density at radius 2 is 1.89 bits per heavy atom. The maximum atomic E-state index is 13.7. The topological polar surface area (TPSA) is 57.7 Å². The molecule has 0 radical (unpaired) electrons. The molecule has 0 atom stereocenters. The van der Waals surface area contributed by atoms with Crippen molar-refractivity contribution >= 4 is 17.3 Å². The average Bonchev–Trinajstić information content (AvgIpc) is 3.14. The number of aromatic nitrogens is 1. The van der Waals surface area contributed by atoms with Gasteiger partial charge in [-0.1, -0.05) is 6.07 Å². The lowest BCUT2D eigenvalue weighted by Crippen LogP contribution is -2.08. The molecular weight excluding hydrogens is 388 g/mol. The molecular formula is C20H17F2NO4S. The van der Waals surface area contributed by atoms with Crippen LogP contribution in [0, 0.1) is 11.6 Å². The summed E-state index contributed by atoms with van der Waals surface area (Å²) >= 11 is 1.37. The SMILES string of the molecule is COc1ccc(CC(=O)OCc2csc(COc3ccc(F)cc3)n2)cc1F. The second kappa shape index (κ2) is 9.27. The standard InChI is InChI=1S/C20H17F2NO4S/c1-25-18-7-2-13(8-17(18)22)9-20(24)27-10-15-12-28-19(23-15)11-26-16-5-3-14(21)4-6-16/h2-8,12H,9-11H2,1H3. The number of methoxy groups -OCH3 is 1. The van der Waals surface area contributed by atoms with Gasteiger partial charge in [0.1, 0.15) is 29.8 Å². The first kappa shape index (κ1) is 19.8. The minimum Gasteiger partial charge on any atom is -0.494 e. The fourth-order valence-electron chi connectivity index (χ4n) is 2.35. The van der Waals surface area contributed by atoms with Crippen molar-refractivity contribution in [1.82, 2.24) is 4.98 Å². The van der Waals surface area contributed by atoms with Crippen LogP contribution in [0.15, 0.2) is 47.8 Å². The largest absolute Gasteiger partial charge is 0.494 e. The third kappa shape index (κ3) is 5.50. The fourth-order valence-corrected chi connectivity index (χ4v) is 3.04. The minimum absolute atomic E-state index is 0.0184. The van der Waals surface area contributed by atoms with Gasteiger partial charge in [0, 0.05) is 5.38 Å². The van der Waals surface area contributed by atoms with Crippen LogP contribution in [-0.4, -0.2) is 18.1 Å². The van der Waals surface area contributed by atoms with Gasteiger partial charge < -0.3 is 14.2 Å². The lowest BCUT2D eigenvalue weighted by molar-refractivity contribution is -0.144. The van der Waals surface area contributed by atoms with Gasteiger partial charge in [-0.15, -0.1) is 11.3 Å². The zero-order valence-electron chi connectivity index (χ0n) is 15.0. The fraction of sp³-hybridized carbons (Fsp3) is 0.200. The van der Waals surface area contributed by atoms with Crippen LogP contribution in [0.4, 0.5) is 8.78 Å². The van der Waals surface area contributed by atoms with E-state index in [-0.39, 0.29) is 31.2 Å². The zero-order valence-corrected chi connectivity index (χ0v) is 15.8. The third-order valence-electron chi connectivity index (χ3n) is 3.72. The Kier molecular flexibility index (Phi) is 6.54. The first-order valence-electron chi connectivity index (χ1n) is 8.33. The minimum atomic E-state index is -0.530. The molecule has 0 bridgehead atoms. The van der Waals surface area contributed by atoms with Gasteiger partial charge >= 0.3 is 5.97 Å². The van der Waals surface area contributed by atoms with Crippen LogP contribution in [0.25, 0.3) is 0 Å². The number of rotatable bonds is 8.